The van der Waals surface area contributed by atoms with E-state index < -0.39 is 24.5 Å². The normalized spacial score (nSPS) is 13.6. The predicted octanol–water partition coefficient (Wildman–Crippen LogP) is 1.93. The number of hydrogen-bond acceptors (Lipinski definition) is 7. The highest BCUT2D eigenvalue weighted by Gasteiger charge is 2.26. The molecule has 0 radical (unpaired) electrons. The van der Waals surface area contributed by atoms with Crippen LogP contribution in [0.25, 0.3) is 0 Å². The number of anilines is 1. The first-order valence-electron chi connectivity index (χ1n) is 7.74. The third-order valence-electron chi connectivity index (χ3n) is 3.69. The molecule has 2 rings (SSSR count). The van der Waals surface area contributed by atoms with Crippen molar-refractivity contribution in [1.29, 1.82) is 0 Å². The van der Waals surface area contributed by atoms with Crippen molar-refractivity contribution in [3.8, 4) is 0 Å². The molecule has 1 aliphatic rings. The van der Waals surface area contributed by atoms with Crippen LogP contribution in [-0.4, -0.2) is 45.3 Å². The van der Waals surface area contributed by atoms with Crippen molar-refractivity contribution in [3.63, 3.8) is 0 Å². The van der Waals surface area contributed by atoms with Gasteiger partial charge in [0.05, 0.1) is 12.7 Å². The first-order valence-corrected chi connectivity index (χ1v) is 8.55. The van der Waals surface area contributed by atoms with Crippen molar-refractivity contribution in [2.45, 2.75) is 32.1 Å². The van der Waals surface area contributed by atoms with Crippen LogP contribution in [-0.2, 0) is 36.6 Å². The first kappa shape index (κ1) is 18.4. The van der Waals surface area contributed by atoms with Crippen LogP contribution in [0, 0.1) is 0 Å². The summed E-state index contributed by atoms with van der Waals surface area (Å²) in [5.41, 5.74) is 1.40. The number of rotatable bonds is 6. The molecule has 0 saturated carbocycles. The fourth-order valence-electron chi connectivity index (χ4n) is 2.62. The highest BCUT2D eigenvalue weighted by molar-refractivity contribution is 7.17. The zero-order valence-corrected chi connectivity index (χ0v) is 14.6. The van der Waals surface area contributed by atoms with Crippen LogP contribution in [0.2, 0.25) is 0 Å². The molecule has 0 unspecified atom stereocenters. The molecular weight excluding hydrogens is 334 g/mol. The number of amides is 1. The number of aryl methyl sites for hydroxylation is 1. The summed E-state index contributed by atoms with van der Waals surface area (Å²) in [6.45, 7) is -0.640. The first-order chi connectivity index (χ1) is 11.6. The van der Waals surface area contributed by atoms with Crippen molar-refractivity contribution < 1.29 is 28.6 Å². The number of methoxy groups -OCH3 is 2. The molecule has 1 aliphatic carbocycles. The van der Waals surface area contributed by atoms with Gasteiger partial charge in [0.25, 0.3) is 5.91 Å². The molecule has 0 atom stereocenters. The van der Waals surface area contributed by atoms with Gasteiger partial charge in [0.15, 0.2) is 6.61 Å². The minimum atomic E-state index is -0.622. The highest BCUT2D eigenvalue weighted by Crippen LogP contribution is 2.37. The molecular formula is C16H21NO6S. The van der Waals surface area contributed by atoms with Crippen LogP contribution < -0.4 is 5.32 Å². The van der Waals surface area contributed by atoms with Crippen LogP contribution >= 0.6 is 11.3 Å². The Bertz CT molecular complexity index is 624. The predicted molar refractivity (Wildman–Crippen MR) is 88.4 cm³/mol. The lowest BCUT2D eigenvalue weighted by molar-refractivity contribution is -0.150. The fourth-order valence-corrected chi connectivity index (χ4v) is 3.91. The topological polar surface area (TPSA) is 90.9 Å². The Hall–Kier alpha value is -1.93. The van der Waals surface area contributed by atoms with Gasteiger partial charge in [-0.05, 0) is 31.2 Å². The lowest BCUT2D eigenvalue weighted by Gasteiger charge is -2.08. The molecule has 24 heavy (non-hydrogen) atoms. The van der Waals surface area contributed by atoms with Gasteiger partial charge in [-0.1, -0.05) is 6.42 Å². The van der Waals surface area contributed by atoms with Crippen molar-refractivity contribution in [2.75, 3.05) is 32.8 Å². The van der Waals surface area contributed by atoms with E-state index in [0.29, 0.717) is 10.6 Å². The summed E-state index contributed by atoms with van der Waals surface area (Å²) in [5.74, 6) is -1.58. The van der Waals surface area contributed by atoms with Crippen LogP contribution in [0.1, 0.15) is 40.1 Å². The maximum Gasteiger partial charge on any atom is 0.341 e. The zero-order chi connectivity index (χ0) is 17.5. The van der Waals surface area contributed by atoms with Gasteiger partial charge in [-0.15, -0.1) is 11.3 Å². The number of thiophene rings is 1. The highest BCUT2D eigenvalue weighted by atomic mass is 32.1. The van der Waals surface area contributed by atoms with Crippen molar-refractivity contribution >= 4 is 34.2 Å². The average molecular weight is 355 g/mol. The van der Waals surface area contributed by atoms with E-state index in [2.05, 4.69) is 10.1 Å². The summed E-state index contributed by atoms with van der Waals surface area (Å²) in [6.07, 6.45) is 4.89. The van der Waals surface area contributed by atoms with E-state index in [4.69, 9.17) is 9.47 Å². The smallest absolute Gasteiger partial charge is 0.341 e. The third kappa shape index (κ3) is 4.55. The number of ether oxygens (including phenoxy) is 3. The summed E-state index contributed by atoms with van der Waals surface area (Å²) >= 11 is 1.39. The van der Waals surface area contributed by atoms with Gasteiger partial charge < -0.3 is 19.5 Å². The van der Waals surface area contributed by atoms with Gasteiger partial charge in [-0.2, -0.15) is 0 Å². The van der Waals surface area contributed by atoms with Gasteiger partial charge in [0.2, 0.25) is 0 Å². The molecule has 1 aromatic heterocycles. The minimum absolute atomic E-state index is 0.214. The van der Waals surface area contributed by atoms with Gasteiger partial charge in [-0.25, -0.2) is 9.59 Å². The second-order valence-electron chi connectivity index (χ2n) is 5.40. The number of carbonyl (C=O) groups excluding carboxylic acids is 3. The molecule has 1 amide bonds. The zero-order valence-electron chi connectivity index (χ0n) is 13.8. The van der Waals surface area contributed by atoms with Crippen molar-refractivity contribution in [1.82, 2.24) is 0 Å². The SMILES string of the molecule is COCC(=O)OCC(=O)Nc1sc2c(c1C(=O)OC)CCCCC2. The summed E-state index contributed by atoms with van der Waals surface area (Å²) in [5, 5.41) is 3.12. The van der Waals surface area contributed by atoms with E-state index in [-0.39, 0.29) is 6.61 Å². The van der Waals surface area contributed by atoms with Gasteiger partial charge in [-0.3, -0.25) is 4.79 Å². The molecule has 132 valence electrons. The molecule has 0 spiro atoms. The van der Waals surface area contributed by atoms with Crippen LogP contribution in [0.15, 0.2) is 0 Å². The number of carbonyl (C=O) groups is 3. The van der Waals surface area contributed by atoms with Crippen LogP contribution in [0.3, 0.4) is 0 Å². The summed E-state index contributed by atoms with van der Waals surface area (Å²) in [6, 6.07) is 0. The van der Waals surface area contributed by atoms with E-state index in [1.807, 2.05) is 0 Å². The van der Waals surface area contributed by atoms with Crippen molar-refractivity contribution in [3.05, 3.63) is 16.0 Å². The minimum Gasteiger partial charge on any atom is -0.465 e. The second kappa shape index (κ2) is 8.79. The summed E-state index contributed by atoms with van der Waals surface area (Å²) in [4.78, 5) is 36.5. The number of nitrogens with one attached hydrogen (secondary N) is 1. The Kier molecular flexibility index (Phi) is 6.74. The van der Waals surface area contributed by atoms with Crippen LogP contribution in [0.4, 0.5) is 5.00 Å². The van der Waals surface area contributed by atoms with E-state index in [0.717, 1.165) is 42.5 Å². The Morgan fingerprint density at radius 2 is 1.83 bits per heavy atom. The van der Waals surface area contributed by atoms with E-state index in [1.165, 1.54) is 25.6 Å². The Morgan fingerprint density at radius 1 is 1.08 bits per heavy atom. The molecule has 0 bridgehead atoms. The fraction of sp³-hybridized carbons (Fsp3) is 0.562. The van der Waals surface area contributed by atoms with Crippen LogP contribution in [0.5, 0.6) is 0 Å². The lowest BCUT2D eigenvalue weighted by atomic mass is 10.1. The largest absolute Gasteiger partial charge is 0.465 e. The molecule has 1 N–H and O–H groups in total. The molecule has 7 nitrogen and oxygen atoms in total. The summed E-state index contributed by atoms with van der Waals surface area (Å²) < 4.78 is 14.3. The van der Waals surface area contributed by atoms with E-state index in [9.17, 15) is 14.4 Å². The van der Waals surface area contributed by atoms with E-state index >= 15 is 0 Å². The molecule has 1 heterocycles. The maximum absolute atomic E-state index is 12.1. The van der Waals surface area contributed by atoms with Gasteiger partial charge >= 0.3 is 11.9 Å². The van der Waals surface area contributed by atoms with Gasteiger partial charge in [0, 0.05) is 12.0 Å². The van der Waals surface area contributed by atoms with E-state index in [1.54, 1.807) is 0 Å². The Morgan fingerprint density at radius 3 is 2.54 bits per heavy atom. The van der Waals surface area contributed by atoms with Crippen molar-refractivity contribution in [2.24, 2.45) is 0 Å². The monoisotopic (exact) mass is 355 g/mol. The Labute approximate surface area is 144 Å². The molecule has 0 aliphatic heterocycles. The molecule has 0 fully saturated rings. The number of fused-ring (bicyclic) bond motifs is 1. The average Bonchev–Trinajstić information content (AvgIpc) is 2.74. The number of hydrogen-bond donors (Lipinski definition) is 1. The maximum atomic E-state index is 12.1. The Balaban J connectivity index is 2.13. The molecule has 1 aromatic rings. The van der Waals surface area contributed by atoms with Gasteiger partial charge in [0.1, 0.15) is 11.6 Å². The summed E-state index contributed by atoms with van der Waals surface area (Å²) in [7, 11) is 2.68. The second-order valence-corrected chi connectivity index (χ2v) is 6.51. The quantitative estimate of drug-likeness (QED) is 0.619. The third-order valence-corrected chi connectivity index (χ3v) is 4.90. The number of esters is 2. The molecule has 0 aromatic carbocycles. The molecule has 8 heteroatoms. The lowest BCUT2D eigenvalue weighted by Crippen LogP contribution is -2.23. The molecule has 0 saturated heterocycles. The standard InChI is InChI=1S/C16H21NO6S/c1-21-9-13(19)23-8-12(18)17-15-14(16(20)22-2)10-6-4-3-5-7-11(10)24-15/h3-9H2,1-2H3,(H,17,18).